The summed E-state index contributed by atoms with van der Waals surface area (Å²) in [6, 6.07) is 11.3. The molecule has 1 aromatic carbocycles. The van der Waals surface area contributed by atoms with E-state index < -0.39 is 0 Å². The zero-order valence-corrected chi connectivity index (χ0v) is 15.1. The fourth-order valence-corrected chi connectivity index (χ4v) is 2.60. The van der Waals surface area contributed by atoms with Crippen LogP contribution in [0.5, 0.6) is 5.75 Å². The SMILES string of the molecule is COc1ccccc1CCC(=O)OCCCc1nc(-c2cccnc2)no1. The smallest absolute Gasteiger partial charge is 0.306 e. The molecule has 7 nitrogen and oxygen atoms in total. The molecule has 0 bridgehead atoms. The fourth-order valence-electron chi connectivity index (χ4n) is 2.60. The number of ether oxygens (including phenoxy) is 2. The summed E-state index contributed by atoms with van der Waals surface area (Å²) in [5.74, 6) is 1.57. The van der Waals surface area contributed by atoms with Crippen molar-refractivity contribution in [1.29, 1.82) is 0 Å². The van der Waals surface area contributed by atoms with Crippen LogP contribution in [0.1, 0.15) is 24.3 Å². The summed E-state index contributed by atoms with van der Waals surface area (Å²) in [7, 11) is 1.62. The van der Waals surface area contributed by atoms with Crippen LogP contribution in [0.15, 0.2) is 53.3 Å². The van der Waals surface area contributed by atoms with Gasteiger partial charge in [-0.2, -0.15) is 4.98 Å². The summed E-state index contributed by atoms with van der Waals surface area (Å²) in [6.45, 7) is 0.315. The summed E-state index contributed by atoms with van der Waals surface area (Å²) in [5, 5.41) is 3.93. The minimum Gasteiger partial charge on any atom is -0.496 e. The maximum absolute atomic E-state index is 11.9. The summed E-state index contributed by atoms with van der Waals surface area (Å²) in [6.07, 6.45) is 5.43. The van der Waals surface area contributed by atoms with Gasteiger partial charge >= 0.3 is 5.97 Å². The molecule has 0 unspecified atom stereocenters. The third-order valence-electron chi connectivity index (χ3n) is 3.98. The van der Waals surface area contributed by atoms with Crippen LogP contribution in [0.3, 0.4) is 0 Å². The second kappa shape index (κ2) is 9.47. The quantitative estimate of drug-likeness (QED) is 0.424. The van der Waals surface area contributed by atoms with Crippen molar-refractivity contribution in [3.05, 3.63) is 60.2 Å². The molecule has 0 fully saturated rings. The van der Waals surface area contributed by atoms with E-state index in [0.717, 1.165) is 16.9 Å². The molecule has 2 aromatic heterocycles. The molecule has 2 heterocycles. The number of esters is 1. The van der Waals surface area contributed by atoms with Gasteiger partial charge in [-0.1, -0.05) is 23.4 Å². The van der Waals surface area contributed by atoms with Gasteiger partial charge in [0.1, 0.15) is 5.75 Å². The van der Waals surface area contributed by atoms with Crippen molar-refractivity contribution < 1.29 is 18.8 Å². The van der Waals surface area contributed by atoms with Crippen LogP contribution in [-0.4, -0.2) is 34.8 Å². The molecule has 140 valence electrons. The Bertz CT molecular complexity index is 864. The van der Waals surface area contributed by atoms with Gasteiger partial charge in [0.15, 0.2) is 0 Å². The zero-order valence-electron chi connectivity index (χ0n) is 15.1. The number of para-hydroxylation sites is 1. The maximum atomic E-state index is 11.9. The van der Waals surface area contributed by atoms with Crippen LogP contribution < -0.4 is 4.74 Å². The average Bonchev–Trinajstić information content (AvgIpc) is 3.19. The van der Waals surface area contributed by atoms with Crippen molar-refractivity contribution in [1.82, 2.24) is 15.1 Å². The Morgan fingerprint density at radius 3 is 2.85 bits per heavy atom. The first-order valence-electron chi connectivity index (χ1n) is 8.77. The van der Waals surface area contributed by atoms with E-state index in [2.05, 4.69) is 15.1 Å². The van der Waals surface area contributed by atoms with Gasteiger partial charge < -0.3 is 14.0 Å². The largest absolute Gasteiger partial charge is 0.496 e. The molecular formula is C20H21N3O4. The highest BCUT2D eigenvalue weighted by Gasteiger charge is 2.10. The van der Waals surface area contributed by atoms with Crippen molar-refractivity contribution in [2.75, 3.05) is 13.7 Å². The van der Waals surface area contributed by atoms with E-state index in [1.54, 1.807) is 19.5 Å². The Hall–Kier alpha value is -3.22. The van der Waals surface area contributed by atoms with Crippen LogP contribution in [-0.2, 0) is 22.4 Å². The number of hydrogen-bond acceptors (Lipinski definition) is 7. The summed E-state index contributed by atoms with van der Waals surface area (Å²) < 4.78 is 15.8. The lowest BCUT2D eigenvalue weighted by Crippen LogP contribution is -2.08. The van der Waals surface area contributed by atoms with Gasteiger partial charge in [0.05, 0.1) is 13.7 Å². The molecule has 0 amide bonds. The summed E-state index contributed by atoms with van der Waals surface area (Å²) >= 11 is 0. The molecule has 0 atom stereocenters. The van der Waals surface area contributed by atoms with Crippen LogP contribution in [0, 0.1) is 0 Å². The van der Waals surface area contributed by atoms with E-state index in [0.29, 0.717) is 44.0 Å². The highest BCUT2D eigenvalue weighted by molar-refractivity contribution is 5.69. The predicted octanol–water partition coefficient (Wildman–Crippen LogP) is 3.25. The molecule has 27 heavy (non-hydrogen) atoms. The van der Waals surface area contributed by atoms with Crippen molar-refractivity contribution in [2.45, 2.75) is 25.7 Å². The molecule has 0 radical (unpaired) electrons. The van der Waals surface area contributed by atoms with Gasteiger partial charge in [-0.25, -0.2) is 0 Å². The Morgan fingerprint density at radius 1 is 1.15 bits per heavy atom. The standard InChI is InChI=1S/C20H21N3O4/c1-25-17-8-3-2-6-15(17)10-11-19(24)26-13-5-9-18-22-20(23-27-18)16-7-4-12-21-14-16/h2-4,6-8,12,14H,5,9-11,13H2,1H3. The van der Waals surface area contributed by atoms with Gasteiger partial charge in [-0.15, -0.1) is 0 Å². The lowest BCUT2D eigenvalue weighted by molar-refractivity contribution is -0.143. The Kier molecular flexibility index (Phi) is 6.51. The number of carbonyl (C=O) groups excluding carboxylic acids is 1. The molecule has 3 aromatic rings. The Labute approximate surface area is 157 Å². The lowest BCUT2D eigenvalue weighted by Gasteiger charge is -2.08. The van der Waals surface area contributed by atoms with Crippen LogP contribution >= 0.6 is 0 Å². The van der Waals surface area contributed by atoms with E-state index in [-0.39, 0.29) is 5.97 Å². The van der Waals surface area contributed by atoms with E-state index >= 15 is 0 Å². The highest BCUT2D eigenvalue weighted by atomic mass is 16.5. The van der Waals surface area contributed by atoms with E-state index in [9.17, 15) is 4.79 Å². The van der Waals surface area contributed by atoms with Crippen LogP contribution in [0.2, 0.25) is 0 Å². The van der Waals surface area contributed by atoms with Crippen molar-refractivity contribution in [3.63, 3.8) is 0 Å². The number of benzene rings is 1. The number of methoxy groups -OCH3 is 1. The number of nitrogens with zero attached hydrogens (tertiary/aromatic N) is 3. The molecule has 0 N–H and O–H groups in total. The normalized spacial score (nSPS) is 10.6. The second-order valence-corrected chi connectivity index (χ2v) is 5.89. The number of hydrogen-bond donors (Lipinski definition) is 0. The highest BCUT2D eigenvalue weighted by Crippen LogP contribution is 2.19. The number of aryl methyl sites for hydroxylation is 2. The Morgan fingerprint density at radius 2 is 2.04 bits per heavy atom. The third kappa shape index (κ3) is 5.37. The molecule has 0 aliphatic carbocycles. The van der Waals surface area contributed by atoms with Gasteiger partial charge in [0.25, 0.3) is 0 Å². The first-order chi connectivity index (χ1) is 13.3. The number of carbonyl (C=O) groups is 1. The van der Waals surface area contributed by atoms with Gasteiger partial charge in [-0.05, 0) is 36.6 Å². The van der Waals surface area contributed by atoms with Crippen molar-refractivity contribution in [2.24, 2.45) is 0 Å². The monoisotopic (exact) mass is 367 g/mol. The summed E-state index contributed by atoms with van der Waals surface area (Å²) in [4.78, 5) is 20.2. The predicted molar refractivity (Wildman–Crippen MR) is 98.1 cm³/mol. The first kappa shape index (κ1) is 18.6. The number of pyridine rings is 1. The van der Waals surface area contributed by atoms with Gasteiger partial charge in [-0.3, -0.25) is 9.78 Å². The first-order valence-corrected chi connectivity index (χ1v) is 8.77. The topological polar surface area (TPSA) is 87.3 Å². The third-order valence-corrected chi connectivity index (χ3v) is 3.98. The molecule has 7 heteroatoms. The van der Waals surface area contributed by atoms with E-state index in [1.807, 2.05) is 36.4 Å². The van der Waals surface area contributed by atoms with Crippen molar-refractivity contribution in [3.8, 4) is 17.1 Å². The molecule has 0 saturated heterocycles. The van der Waals surface area contributed by atoms with Crippen LogP contribution in [0.25, 0.3) is 11.4 Å². The minimum absolute atomic E-state index is 0.234. The Balaban J connectivity index is 1.38. The fraction of sp³-hybridized carbons (Fsp3) is 0.300. The number of rotatable bonds is 9. The lowest BCUT2D eigenvalue weighted by atomic mass is 10.1. The molecule has 0 saturated carbocycles. The van der Waals surface area contributed by atoms with Gasteiger partial charge in [0, 0.05) is 30.8 Å². The zero-order chi connectivity index (χ0) is 18.9. The molecule has 0 aliphatic heterocycles. The van der Waals surface area contributed by atoms with Crippen molar-refractivity contribution >= 4 is 5.97 Å². The van der Waals surface area contributed by atoms with E-state index in [4.69, 9.17) is 14.0 Å². The molecule has 0 aliphatic rings. The molecular weight excluding hydrogens is 346 g/mol. The number of aromatic nitrogens is 3. The maximum Gasteiger partial charge on any atom is 0.306 e. The van der Waals surface area contributed by atoms with Gasteiger partial charge in [0.2, 0.25) is 11.7 Å². The minimum atomic E-state index is -0.234. The second-order valence-electron chi connectivity index (χ2n) is 5.89. The molecule has 0 spiro atoms. The van der Waals surface area contributed by atoms with Crippen LogP contribution in [0.4, 0.5) is 0 Å². The average molecular weight is 367 g/mol. The summed E-state index contributed by atoms with van der Waals surface area (Å²) in [5.41, 5.74) is 1.79. The molecule has 3 rings (SSSR count). The van der Waals surface area contributed by atoms with E-state index in [1.165, 1.54) is 0 Å².